The van der Waals surface area contributed by atoms with Crippen LogP contribution in [-0.4, -0.2) is 33.1 Å². The van der Waals surface area contributed by atoms with Crippen molar-refractivity contribution < 1.29 is 14.1 Å². The summed E-state index contributed by atoms with van der Waals surface area (Å²) in [4.78, 5) is 19.8. The van der Waals surface area contributed by atoms with Crippen LogP contribution in [0.15, 0.2) is 59.1 Å². The minimum atomic E-state index is -0.594. The van der Waals surface area contributed by atoms with Gasteiger partial charge in [0.15, 0.2) is 6.10 Å². The largest absolute Gasteiger partial charge is 0.481 e. The Morgan fingerprint density at radius 3 is 2.52 bits per heavy atom. The molecule has 1 fully saturated rings. The molecule has 2 aromatic carbocycles. The molecule has 3 aromatic rings. The van der Waals surface area contributed by atoms with Gasteiger partial charge >= 0.3 is 0 Å². The van der Waals surface area contributed by atoms with Crippen molar-refractivity contribution >= 4 is 5.91 Å². The number of amides is 1. The summed E-state index contributed by atoms with van der Waals surface area (Å²) in [7, 11) is 0. The summed E-state index contributed by atoms with van der Waals surface area (Å²) < 4.78 is 11.4. The molecular formula is C25H29N3O3. The van der Waals surface area contributed by atoms with Gasteiger partial charge in [0.2, 0.25) is 11.7 Å². The van der Waals surface area contributed by atoms with Crippen LogP contribution in [0, 0.1) is 6.92 Å². The number of hydrogen-bond acceptors (Lipinski definition) is 5. The van der Waals surface area contributed by atoms with E-state index in [1.165, 1.54) is 12.0 Å². The lowest BCUT2D eigenvalue weighted by molar-refractivity contribution is -0.142. The van der Waals surface area contributed by atoms with Crippen LogP contribution in [0.25, 0.3) is 11.4 Å². The van der Waals surface area contributed by atoms with Gasteiger partial charge in [-0.15, -0.1) is 0 Å². The number of carbonyl (C=O) groups is 1. The van der Waals surface area contributed by atoms with E-state index in [0.29, 0.717) is 24.0 Å². The van der Waals surface area contributed by atoms with Gasteiger partial charge in [-0.25, -0.2) is 0 Å². The van der Waals surface area contributed by atoms with Crippen molar-refractivity contribution in [3.8, 4) is 17.1 Å². The van der Waals surface area contributed by atoms with E-state index < -0.39 is 6.10 Å². The maximum Gasteiger partial charge on any atom is 0.264 e. The fraction of sp³-hybridized carbons (Fsp3) is 0.400. The maximum absolute atomic E-state index is 13.4. The van der Waals surface area contributed by atoms with Crippen molar-refractivity contribution in [1.82, 2.24) is 15.0 Å². The predicted molar refractivity (Wildman–Crippen MR) is 118 cm³/mol. The van der Waals surface area contributed by atoms with Crippen molar-refractivity contribution in [2.45, 2.75) is 64.6 Å². The molecule has 31 heavy (non-hydrogen) atoms. The van der Waals surface area contributed by atoms with E-state index in [1.54, 1.807) is 6.92 Å². The van der Waals surface area contributed by atoms with Crippen LogP contribution < -0.4 is 4.74 Å². The number of ether oxygens (including phenoxy) is 1. The van der Waals surface area contributed by atoms with E-state index >= 15 is 0 Å². The standard InChI is InChI=1S/C25H29N3O3/c1-18-13-15-20(16-14-18)24-26-23(31-27-24)17-28(21-9-5-3-6-10-21)25(29)19(2)30-22-11-7-4-8-12-22/h4,7-8,11-16,19,21H,3,5-6,9-10,17H2,1-2H3/t19-/m1/s1. The topological polar surface area (TPSA) is 68.5 Å². The Labute approximate surface area is 183 Å². The SMILES string of the molecule is Cc1ccc(-c2noc(CN(C(=O)[C@@H](C)Oc3ccccc3)C3CCCCC3)n2)cc1. The summed E-state index contributed by atoms with van der Waals surface area (Å²) in [5.74, 6) is 1.62. The van der Waals surface area contributed by atoms with Crippen molar-refractivity contribution in [2.24, 2.45) is 0 Å². The number of aromatic nitrogens is 2. The van der Waals surface area contributed by atoms with Crippen LogP contribution in [0.3, 0.4) is 0 Å². The van der Waals surface area contributed by atoms with Crippen molar-refractivity contribution in [2.75, 3.05) is 0 Å². The monoisotopic (exact) mass is 419 g/mol. The molecule has 0 aliphatic heterocycles. The third kappa shape index (κ3) is 5.32. The zero-order valence-electron chi connectivity index (χ0n) is 18.2. The molecule has 1 amide bonds. The summed E-state index contributed by atoms with van der Waals surface area (Å²) in [5, 5.41) is 4.13. The first-order valence-corrected chi connectivity index (χ1v) is 11.0. The number of benzene rings is 2. The molecule has 162 valence electrons. The van der Waals surface area contributed by atoms with E-state index in [4.69, 9.17) is 9.26 Å². The molecule has 1 atom stereocenters. The molecule has 0 radical (unpaired) electrons. The summed E-state index contributed by atoms with van der Waals surface area (Å²) in [6, 6.07) is 17.6. The molecule has 1 saturated carbocycles. The molecule has 0 bridgehead atoms. The third-order valence-corrected chi connectivity index (χ3v) is 5.79. The van der Waals surface area contributed by atoms with Crippen LogP contribution in [0.2, 0.25) is 0 Å². The van der Waals surface area contributed by atoms with Gasteiger partial charge in [0, 0.05) is 11.6 Å². The summed E-state index contributed by atoms with van der Waals surface area (Å²) in [5.41, 5.74) is 2.07. The number of hydrogen-bond donors (Lipinski definition) is 0. The lowest BCUT2D eigenvalue weighted by atomic mass is 9.94. The quantitative estimate of drug-likeness (QED) is 0.528. The zero-order chi connectivity index (χ0) is 21.6. The Bertz CT molecular complexity index is 979. The van der Waals surface area contributed by atoms with Gasteiger partial charge in [-0.1, -0.05) is 72.4 Å². The number of nitrogens with zero attached hydrogens (tertiary/aromatic N) is 3. The fourth-order valence-corrected chi connectivity index (χ4v) is 4.05. The molecule has 0 N–H and O–H groups in total. The molecule has 0 spiro atoms. The minimum Gasteiger partial charge on any atom is -0.481 e. The van der Waals surface area contributed by atoms with Gasteiger partial charge in [0.05, 0.1) is 0 Å². The van der Waals surface area contributed by atoms with Gasteiger partial charge in [-0.3, -0.25) is 4.79 Å². The lowest BCUT2D eigenvalue weighted by Gasteiger charge is -2.35. The number of aryl methyl sites for hydroxylation is 1. The highest BCUT2D eigenvalue weighted by molar-refractivity contribution is 5.81. The summed E-state index contributed by atoms with van der Waals surface area (Å²) in [6.07, 6.45) is 4.85. The molecule has 0 saturated heterocycles. The average molecular weight is 420 g/mol. The Morgan fingerprint density at radius 2 is 1.81 bits per heavy atom. The van der Waals surface area contributed by atoms with Gasteiger partial charge in [-0.05, 0) is 38.8 Å². The van der Waals surface area contributed by atoms with Gasteiger partial charge in [-0.2, -0.15) is 4.98 Å². The van der Waals surface area contributed by atoms with Gasteiger partial charge in [0.1, 0.15) is 12.3 Å². The van der Waals surface area contributed by atoms with Crippen LogP contribution in [0.1, 0.15) is 50.5 Å². The van der Waals surface area contributed by atoms with Crippen LogP contribution in [-0.2, 0) is 11.3 Å². The number of carbonyl (C=O) groups excluding carboxylic acids is 1. The maximum atomic E-state index is 13.4. The fourth-order valence-electron chi connectivity index (χ4n) is 4.05. The predicted octanol–water partition coefficient (Wildman–Crippen LogP) is 5.17. The molecule has 1 aliphatic rings. The van der Waals surface area contributed by atoms with Crippen molar-refractivity contribution in [3.63, 3.8) is 0 Å². The second-order valence-electron chi connectivity index (χ2n) is 8.21. The van der Waals surface area contributed by atoms with Gasteiger partial charge in [0.25, 0.3) is 5.91 Å². The molecule has 1 aromatic heterocycles. The number of rotatable bonds is 7. The Balaban J connectivity index is 1.51. The summed E-state index contributed by atoms with van der Waals surface area (Å²) >= 11 is 0. The zero-order valence-corrected chi connectivity index (χ0v) is 18.2. The minimum absolute atomic E-state index is 0.0501. The Kier molecular flexibility index (Phi) is 6.65. The Hall–Kier alpha value is -3.15. The van der Waals surface area contributed by atoms with Gasteiger partial charge < -0.3 is 14.2 Å². The second kappa shape index (κ2) is 9.77. The van der Waals surface area contributed by atoms with E-state index in [1.807, 2.05) is 66.4 Å². The second-order valence-corrected chi connectivity index (χ2v) is 8.21. The molecule has 1 heterocycles. The first-order valence-electron chi connectivity index (χ1n) is 11.0. The highest BCUT2D eigenvalue weighted by Crippen LogP contribution is 2.26. The average Bonchev–Trinajstić information content (AvgIpc) is 3.27. The van der Waals surface area contributed by atoms with E-state index in [0.717, 1.165) is 31.2 Å². The summed E-state index contributed by atoms with van der Waals surface area (Å²) in [6.45, 7) is 4.14. The van der Waals surface area contributed by atoms with E-state index in [9.17, 15) is 4.79 Å². The highest BCUT2D eigenvalue weighted by Gasteiger charge is 2.31. The normalized spacial score (nSPS) is 15.4. The van der Waals surface area contributed by atoms with Crippen LogP contribution in [0.5, 0.6) is 5.75 Å². The van der Waals surface area contributed by atoms with E-state index in [-0.39, 0.29) is 11.9 Å². The first-order chi connectivity index (χ1) is 15.1. The molecule has 0 unspecified atom stereocenters. The van der Waals surface area contributed by atoms with E-state index in [2.05, 4.69) is 10.1 Å². The van der Waals surface area contributed by atoms with Crippen LogP contribution in [0.4, 0.5) is 0 Å². The lowest BCUT2D eigenvalue weighted by Crippen LogP contribution is -2.46. The third-order valence-electron chi connectivity index (χ3n) is 5.79. The van der Waals surface area contributed by atoms with Crippen LogP contribution >= 0.6 is 0 Å². The highest BCUT2D eigenvalue weighted by atomic mass is 16.5. The first kappa shape index (κ1) is 21.1. The molecule has 1 aliphatic carbocycles. The van der Waals surface area contributed by atoms with Crippen molar-refractivity contribution in [1.29, 1.82) is 0 Å². The molecule has 4 rings (SSSR count). The number of para-hydroxylation sites is 1. The molecule has 6 nitrogen and oxygen atoms in total. The Morgan fingerprint density at radius 1 is 1.10 bits per heavy atom. The molecule has 6 heteroatoms. The molecular weight excluding hydrogens is 390 g/mol. The smallest absolute Gasteiger partial charge is 0.264 e. The van der Waals surface area contributed by atoms with Crippen molar-refractivity contribution in [3.05, 3.63) is 66.1 Å².